The third-order valence-electron chi connectivity index (χ3n) is 8.11. The van der Waals surface area contributed by atoms with Gasteiger partial charge in [0.1, 0.15) is 6.61 Å². The fourth-order valence-electron chi connectivity index (χ4n) is 6.94. The van der Waals surface area contributed by atoms with Crippen LogP contribution in [0.4, 0.5) is 0 Å². The third kappa shape index (κ3) is 3.85. The van der Waals surface area contributed by atoms with Gasteiger partial charge in [-0.2, -0.15) is 0 Å². The van der Waals surface area contributed by atoms with Gasteiger partial charge in [0.15, 0.2) is 11.5 Å². The topological polar surface area (TPSA) is 30.5 Å². The Hall–Kier alpha value is -2.00. The van der Waals surface area contributed by atoms with Gasteiger partial charge in [-0.05, 0) is 80.2 Å². The SMILES string of the molecule is COc1cccc(CN[C@@H](C)C23CC4CC(CC(C4)C2)C3)c1OCc1ccccc1. The van der Waals surface area contributed by atoms with Crippen molar-refractivity contribution in [3.63, 3.8) is 0 Å². The van der Waals surface area contributed by atoms with Crippen LogP contribution >= 0.6 is 0 Å². The van der Waals surface area contributed by atoms with Gasteiger partial charge in [-0.25, -0.2) is 0 Å². The molecular weight excluding hydrogens is 370 g/mol. The lowest BCUT2D eigenvalue weighted by Crippen LogP contribution is -2.54. The summed E-state index contributed by atoms with van der Waals surface area (Å²) < 4.78 is 11.9. The highest BCUT2D eigenvalue weighted by Crippen LogP contribution is 2.61. The highest BCUT2D eigenvalue weighted by atomic mass is 16.5. The fraction of sp³-hybridized carbons (Fsp3) is 0.556. The summed E-state index contributed by atoms with van der Waals surface area (Å²) in [5, 5.41) is 3.91. The molecule has 0 heterocycles. The summed E-state index contributed by atoms with van der Waals surface area (Å²) in [4.78, 5) is 0. The van der Waals surface area contributed by atoms with Gasteiger partial charge in [-0.1, -0.05) is 42.5 Å². The van der Waals surface area contributed by atoms with Crippen LogP contribution in [-0.4, -0.2) is 13.2 Å². The summed E-state index contributed by atoms with van der Waals surface area (Å²) in [6, 6.07) is 17.1. The lowest BCUT2D eigenvalue weighted by atomic mass is 9.48. The normalized spacial score (nSPS) is 30.3. The number of methoxy groups -OCH3 is 1. The summed E-state index contributed by atoms with van der Waals surface area (Å²) in [6.45, 7) is 3.81. The zero-order valence-electron chi connectivity index (χ0n) is 18.4. The molecule has 0 radical (unpaired) electrons. The zero-order chi connectivity index (χ0) is 20.6. The van der Waals surface area contributed by atoms with Crippen molar-refractivity contribution >= 4 is 0 Å². The van der Waals surface area contributed by atoms with Gasteiger partial charge in [0, 0.05) is 18.2 Å². The summed E-state index contributed by atoms with van der Waals surface area (Å²) in [5.74, 6) is 4.65. The van der Waals surface area contributed by atoms with E-state index in [1.807, 2.05) is 12.1 Å². The van der Waals surface area contributed by atoms with Crippen LogP contribution in [0.15, 0.2) is 48.5 Å². The number of benzene rings is 2. The molecule has 1 atom stereocenters. The Morgan fingerprint density at radius 3 is 2.23 bits per heavy atom. The van der Waals surface area contributed by atoms with Gasteiger partial charge in [0.05, 0.1) is 7.11 Å². The maximum absolute atomic E-state index is 6.26. The van der Waals surface area contributed by atoms with Crippen LogP contribution in [0, 0.1) is 23.2 Å². The quantitative estimate of drug-likeness (QED) is 0.587. The molecule has 0 aliphatic heterocycles. The van der Waals surface area contributed by atoms with Crippen LogP contribution in [0.3, 0.4) is 0 Å². The average Bonchev–Trinajstić information content (AvgIpc) is 2.76. The Bertz CT molecular complexity index is 827. The van der Waals surface area contributed by atoms with Crippen molar-refractivity contribution in [1.82, 2.24) is 5.32 Å². The second-order valence-electron chi connectivity index (χ2n) is 10.1. The molecule has 4 bridgehead atoms. The molecule has 4 aliphatic carbocycles. The molecule has 0 unspecified atom stereocenters. The largest absolute Gasteiger partial charge is 0.493 e. The summed E-state index contributed by atoms with van der Waals surface area (Å²) >= 11 is 0. The van der Waals surface area contributed by atoms with Gasteiger partial charge in [-0.15, -0.1) is 0 Å². The first kappa shape index (κ1) is 19.9. The Morgan fingerprint density at radius 2 is 1.60 bits per heavy atom. The van der Waals surface area contributed by atoms with Crippen LogP contribution in [-0.2, 0) is 13.2 Å². The van der Waals surface area contributed by atoms with Crippen LogP contribution in [0.2, 0.25) is 0 Å². The molecule has 1 N–H and O–H groups in total. The fourth-order valence-corrected chi connectivity index (χ4v) is 6.94. The van der Waals surface area contributed by atoms with Gasteiger partial charge < -0.3 is 14.8 Å². The van der Waals surface area contributed by atoms with E-state index in [-0.39, 0.29) is 0 Å². The van der Waals surface area contributed by atoms with Crippen molar-refractivity contribution in [3.05, 3.63) is 59.7 Å². The minimum Gasteiger partial charge on any atom is -0.493 e. The van der Waals surface area contributed by atoms with E-state index >= 15 is 0 Å². The standard InChI is InChI=1S/C27H35NO2/c1-19(27-14-21-11-22(15-27)13-23(12-21)16-27)28-17-24-9-6-10-25(29-2)26(24)30-18-20-7-4-3-5-8-20/h3-10,19,21-23,28H,11-18H2,1-2H3/t19-,21?,22?,23?,27?/m0/s1. The van der Waals surface area contributed by atoms with Crippen molar-refractivity contribution in [2.45, 2.75) is 64.6 Å². The molecule has 6 rings (SSSR count). The lowest BCUT2D eigenvalue weighted by molar-refractivity contribution is -0.0706. The molecule has 0 spiro atoms. The van der Waals surface area contributed by atoms with E-state index in [4.69, 9.17) is 9.47 Å². The Morgan fingerprint density at radius 1 is 0.933 bits per heavy atom. The first-order valence-corrected chi connectivity index (χ1v) is 11.7. The first-order chi connectivity index (χ1) is 14.6. The predicted molar refractivity (Wildman–Crippen MR) is 121 cm³/mol. The molecule has 0 amide bonds. The molecule has 30 heavy (non-hydrogen) atoms. The smallest absolute Gasteiger partial charge is 0.166 e. The van der Waals surface area contributed by atoms with Crippen molar-refractivity contribution in [3.8, 4) is 11.5 Å². The van der Waals surface area contributed by atoms with Crippen molar-refractivity contribution in [2.24, 2.45) is 23.2 Å². The summed E-state index contributed by atoms with van der Waals surface area (Å²) in [5.41, 5.74) is 2.87. The second kappa shape index (κ2) is 8.26. The molecule has 4 aliphatic rings. The van der Waals surface area contributed by atoms with Crippen molar-refractivity contribution in [2.75, 3.05) is 7.11 Å². The highest BCUT2D eigenvalue weighted by Gasteiger charge is 2.52. The second-order valence-corrected chi connectivity index (χ2v) is 10.1. The maximum atomic E-state index is 6.26. The molecule has 160 valence electrons. The van der Waals surface area contributed by atoms with Gasteiger partial charge >= 0.3 is 0 Å². The molecular formula is C27H35NO2. The van der Waals surface area contributed by atoms with E-state index < -0.39 is 0 Å². The van der Waals surface area contributed by atoms with E-state index in [1.54, 1.807) is 7.11 Å². The minimum absolute atomic E-state index is 0.513. The van der Waals surface area contributed by atoms with E-state index in [2.05, 4.69) is 48.6 Å². The first-order valence-electron chi connectivity index (χ1n) is 11.7. The van der Waals surface area contributed by atoms with Crippen LogP contribution in [0.25, 0.3) is 0 Å². The highest BCUT2D eigenvalue weighted by molar-refractivity contribution is 5.46. The van der Waals surface area contributed by atoms with Crippen LogP contribution in [0.5, 0.6) is 11.5 Å². The van der Waals surface area contributed by atoms with E-state index in [9.17, 15) is 0 Å². The number of rotatable bonds is 8. The number of hydrogen-bond donors (Lipinski definition) is 1. The molecule has 2 aromatic carbocycles. The maximum Gasteiger partial charge on any atom is 0.166 e. The predicted octanol–water partition coefficient (Wildman–Crippen LogP) is 5.97. The van der Waals surface area contributed by atoms with Crippen molar-refractivity contribution < 1.29 is 9.47 Å². The molecule has 4 fully saturated rings. The van der Waals surface area contributed by atoms with E-state index in [0.29, 0.717) is 18.1 Å². The van der Waals surface area contributed by atoms with Crippen LogP contribution in [0.1, 0.15) is 56.6 Å². The van der Waals surface area contributed by atoms with Gasteiger partial charge in [0.2, 0.25) is 0 Å². The van der Waals surface area contributed by atoms with E-state index in [0.717, 1.165) is 35.8 Å². The lowest BCUT2D eigenvalue weighted by Gasteiger charge is -2.59. The molecule has 3 heteroatoms. The zero-order valence-corrected chi connectivity index (χ0v) is 18.4. The molecule has 0 saturated heterocycles. The van der Waals surface area contributed by atoms with Gasteiger partial charge in [-0.3, -0.25) is 0 Å². The number of ether oxygens (including phenoxy) is 2. The summed E-state index contributed by atoms with van der Waals surface area (Å²) in [7, 11) is 1.72. The summed E-state index contributed by atoms with van der Waals surface area (Å²) in [6.07, 6.45) is 8.80. The minimum atomic E-state index is 0.513. The van der Waals surface area contributed by atoms with Crippen molar-refractivity contribution in [1.29, 1.82) is 0 Å². The Balaban J connectivity index is 1.29. The number of nitrogens with one attached hydrogen (secondary N) is 1. The molecule has 2 aromatic rings. The molecule has 0 aromatic heterocycles. The average molecular weight is 406 g/mol. The Kier molecular flexibility index (Phi) is 5.49. The number of hydrogen-bond acceptors (Lipinski definition) is 3. The molecule has 3 nitrogen and oxygen atoms in total. The number of para-hydroxylation sites is 1. The van der Waals surface area contributed by atoms with E-state index in [1.165, 1.54) is 49.7 Å². The van der Waals surface area contributed by atoms with Gasteiger partial charge in [0.25, 0.3) is 0 Å². The monoisotopic (exact) mass is 405 g/mol. The Labute approximate surface area is 181 Å². The molecule has 4 saturated carbocycles. The third-order valence-corrected chi connectivity index (χ3v) is 8.11. The van der Waals surface area contributed by atoms with Crippen LogP contribution < -0.4 is 14.8 Å².